The molecule has 0 aliphatic heterocycles. The third kappa shape index (κ3) is 3.98. The molecule has 1 saturated carbocycles. The molecule has 2 rings (SSSR count). The van der Waals surface area contributed by atoms with E-state index in [2.05, 4.69) is 36.2 Å². The van der Waals surface area contributed by atoms with Crippen molar-refractivity contribution in [3.8, 4) is 0 Å². The van der Waals surface area contributed by atoms with E-state index >= 15 is 0 Å². The topological polar surface area (TPSA) is 42.3 Å². The molecule has 1 aliphatic rings. The number of aromatic nitrogens is 2. The summed E-state index contributed by atoms with van der Waals surface area (Å²) in [5.41, 5.74) is 2.46. The minimum atomic E-state index is 0.744. The first-order chi connectivity index (χ1) is 10.2. The smallest absolute Gasteiger partial charge is 0.131 e. The summed E-state index contributed by atoms with van der Waals surface area (Å²) in [7, 11) is 3.80. The number of methoxy groups -OCH3 is 1. The van der Waals surface area contributed by atoms with Crippen LogP contribution in [0.15, 0.2) is 0 Å². The molecule has 0 saturated heterocycles. The number of hydrogen-bond acceptors (Lipinski definition) is 4. The Balaban J connectivity index is 2.07. The highest BCUT2D eigenvalue weighted by Crippen LogP contribution is 2.30. The van der Waals surface area contributed by atoms with Crippen LogP contribution >= 0.6 is 0 Å². The molecule has 0 aromatic carbocycles. The summed E-state index contributed by atoms with van der Waals surface area (Å²) >= 11 is 0. The Hall–Kier alpha value is -1.07. The van der Waals surface area contributed by atoms with Crippen molar-refractivity contribution < 1.29 is 4.74 Å². The van der Waals surface area contributed by atoms with Crippen LogP contribution in [0.2, 0.25) is 0 Å². The van der Waals surface area contributed by atoms with Crippen LogP contribution in [0.25, 0.3) is 0 Å². The maximum atomic E-state index is 5.10. The van der Waals surface area contributed by atoms with Crippen LogP contribution in [0, 0.1) is 12.8 Å². The summed E-state index contributed by atoms with van der Waals surface area (Å²) in [5.74, 6) is 2.15. The van der Waals surface area contributed by atoms with E-state index in [4.69, 9.17) is 4.74 Å². The predicted molar refractivity (Wildman–Crippen MR) is 86.8 cm³/mol. The van der Waals surface area contributed by atoms with E-state index in [1.54, 1.807) is 7.11 Å². The normalized spacial score (nSPS) is 15.2. The average molecular weight is 294 g/mol. The molecule has 1 N–H and O–H groups in total. The molecule has 21 heavy (non-hydrogen) atoms. The minimum absolute atomic E-state index is 0.744. The van der Waals surface area contributed by atoms with Gasteiger partial charge in [0.2, 0.25) is 0 Å². The van der Waals surface area contributed by atoms with Crippen molar-refractivity contribution >= 4 is 5.82 Å². The summed E-state index contributed by atoms with van der Waals surface area (Å²) in [4.78, 5) is 2.50. The number of aryl methyl sites for hydroxylation is 2. The Kier molecular flexibility index (Phi) is 6.06. The van der Waals surface area contributed by atoms with Gasteiger partial charge in [-0.05, 0) is 32.6 Å². The molecule has 5 nitrogen and oxygen atoms in total. The molecule has 0 unspecified atom stereocenters. The van der Waals surface area contributed by atoms with Gasteiger partial charge in [0, 0.05) is 45.9 Å². The highest BCUT2D eigenvalue weighted by Gasteiger charge is 2.24. The van der Waals surface area contributed by atoms with Gasteiger partial charge in [0.15, 0.2) is 0 Å². The maximum absolute atomic E-state index is 5.10. The van der Waals surface area contributed by atoms with Crippen molar-refractivity contribution in [1.82, 2.24) is 15.1 Å². The number of rotatable bonds is 9. The van der Waals surface area contributed by atoms with Gasteiger partial charge in [0.05, 0.1) is 12.3 Å². The number of nitrogens with zero attached hydrogens (tertiary/aromatic N) is 3. The minimum Gasteiger partial charge on any atom is -0.383 e. The van der Waals surface area contributed by atoms with Gasteiger partial charge in [0.1, 0.15) is 5.82 Å². The number of nitrogens with one attached hydrogen (secondary N) is 1. The lowest BCUT2D eigenvalue weighted by atomic mass is 9.85. The van der Waals surface area contributed by atoms with Crippen molar-refractivity contribution in [2.45, 2.75) is 39.7 Å². The quantitative estimate of drug-likeness (QED) is 0.708. The van der Waals surface area contributed by atoms with Gasteiger partial charge in [-0.3, -0.25) is 4.68 Å². The summed E-state index contributed by atoms with van der Waals surface area (Å²) in [6.07, 6.45) is 4.17. The second-order valence-corrected chi connectivity index (χ2v) is 6.02. The Labute approximate surface area is 128 Å². The Bertz CT molecular complexity index is 440. The standard InChI is InChI=1S/C16H30N4O/c1-5-20(12-14-7-6-8-14)16-15(11-17-9-10-21-4)13(2)18-19(16)3/h14,17H,5-12H2,1-4H3. The van der Waals surface area contributed by atoms with E-state index in [0.29, 0.717) is 0 Å². The van der Waals surface area contributed by atoms with Crippen LogP contribution in [-0.4, -0.2) is 43.1 Å². The monoisotopic (exact) mass is 294 g/mol. The highest BCUT2D eigenvalue weighted by atomic mass is 16.5. The van der Waals surface area contributed by atoms with Gasteiger partial charge in [-0.25, -0.2) is 0 Å². The molecule has 0 radical (unpaired) electrons. The molecular weight excluding hydrogens is 264 g/mol. The summed E-state index contributed by atoms with van der Waals surface area (Å²) in [6, 6.07) is 0. The Morgan fingerprint density at radius 1 is 1.43 bits per heavy atom. The van der Waals surface area contributed by atoms with Gasteiger partial charge >= 0.3 is 0 Å². The van der Waals surface area contributed by atoms with E-state index in [9.17, 15) is 0 Å². The molecule has 1 aromatic heterocycles. The SMILES string of the molecule is CCN(CC1CCC1)c1c(CNCCOC)c(C)nn1C. The lowest BCUT2D eigenvalue weighted by Crippen LogP contribution is -2.34. The zero-order chi connectivity index (χ0) is 15.2. The fraction of sp³-hybridized carbons (Fsp3) is 0.812. The molecule has 1 aromatic rings. The number of ether oxygens (including phenoxy) is 1. The van der Waals surface area contributed by atoms with E-state index in [1.165, 1.54) is 37.2 Å². The van der Waals surface area contributed by atoms with E-state index in [0.717, 1.165) is 37.9 Å². The largest absolute Gasteiger partial charge is 0.383 e. The van der Waals surface area contributed by atoms with Gasteiger partial charge in [-0.1, -0.05) is 6.42 Å². The molecule has 0 bridgehead atoms. The fourth-order valence-corrected chi connectivity index (χ4v) is 3.03. The first-order valence-electron chi connectivity index (χ1n) is 8.14. The molecule has 0 amide bonds. The zero-order valence-electron chi connectivity index (χ0n) is 14.0. The molecule has 5 heteroatoms. The average Bonchev–Trinajstić information content (AvgIpc) is 2.69. The number of hydrogen-bond donors (Lipinski definition) is 1. The molecule has 120 valence electrons. The predicted octanol–water partition coefficient (Wildman–Crippen LogP) is 2.09. The fourth-order valence-electron chi connectivity index (χ4n) is 3.03. The number of anilines is 1. The van der Waals surface area contributed by atoms with Crippen molar-refractivity contribution in [3.05, 3.63) is 11.3 Å². The Morgan fingerprint density at radius 2 is 2.19 bits per heavy atom. The van der Waals surface area contributed by atoms with Crippen LogP contribution in [0.4, 0.5) is 5.82 Å². The molecule has 1 aliphatic carbocycles. The Morgan fingerprint density at radius 3 is 2.76 bits per heavy atom. The molecule has 0 spiro atoms. The first kappa shape index (κ1) is 16.3. The van der Waals surface area contributed by atoms with E-state index in [1.807, 2.05) is 4.68 Å². The van der Waals surface area contributed by atoms with Crippen LogP contribution in [0.3, 0.4) is 0 Å². The first-order valence-corrected chi connectivity index (χ1v) is 8.14. The van der Waals surface area contributed by atoms with Crippen molar-refractivity contribution in [1.29, 1.82) is 0 Å². The van der Waals surface area contributed by atoms with Gasteiger partial charge in [-0.15, -0.1) is 0 Å². The van der Waals surface area contributed by atoms with Gasteiger partial charge < -0.3 is 15.0 Å². The molecule has 1 heterocycles. The van der Waals surface area contributed by atoms with Crippen LogP contribution < -0.4 is 10.2 Å². The second-order valence-electron chi connectivity index (χ2n) is 6.02. The zero-order valence-corrected chi connectivity index (χ0v) is 14.0. The van der Waals surface area contributed by atoms with Crippen molar-refractivity contribution in [2.24, 2.45) is 13.0 Å². The van der Waals surface area contributed by atoms with Crippen LogP contribution in [0.1, 0.15) is 37.4 Å². The third-order valence-electron chi connectivity index (χ3n) is 4.48. The summed E-state index contributed by atoms with van der Waals surface area (Å²) < 4.78 is 7.14. The van der Waals surface area contributed by atoms with Gasteiger partial charge in [0.25, 0.3) is 0 Å². The molecule has 1 fully saturated rings. The second kappa shape index (κ2) is 7.80. The maximum Gasteiger partial charge on any atom is 0.131 e. The lowest BCUT2D eigenvalue weighted by molar-refractivity contribution is 0.199. The van der Waals surface area contributed by atoms with Crippen LogP contribution in [-0.2, 0) is 18.3 Å². The summed E-state index contributed by atoms with van der Waals surface area (Å²) in [5, 5.41) is 8.09. The highest BCUT2D eigenvalue weighted by molar-refractivity contribution is 5.50. The van der Waals surface area contributed by atoms with Crippen LogP contribution in [0.5, 0.6) is 0 Å². The van der Waals surface area contributed by atoms with Crippen molar-refractivity contribution in [3.63, 3.8) is 0 Å². The summed E-state index contributed by atoms with van der Waals surface area (Å²) in [6.45, 7) is 9.03. The molecule has 0 atom stereocenters. The van der Waals surface area contributed by atoms with Crippen molar-refractivity contribution in [2.75, 3.05) is 38.3 Å². The van der Waals surface area contributed by atoms with E-state index in [-0.39, 0.29) is 0 Å². The van der Waals surface area contributed by atoms with Gasteiger partial charge in [-0.2, -0.15) is 5.10 Å². The van der Waals surface area contributed by atoms with E-state index < -0.39 is 0 Å². The lowest BCUT2D eigenvalue weighted by Gasteiger charge is -2.33. The molecular formula is C16H30N4O. The third-order valence-corrected chi connectivity index (χ3v) is 4.48.